The van der Waals surface area contributed by atoms with E-state index < -0.39 is 0 Å². The van der Waals surface area contributed by atoms with Crippen LogP contribution < -0.4 is 15.4 Å². The van der Waals surface area contributed by atoms with Crippen LogP contribution in [-0.4, -0.2) is 37.3 Å². The summed E-state index contributed by atoms with van der Waals surface area (Å²) in [6, 6.07) is 7.66. The van der Waals surface area contributed by atoms with E-state index in [1.807, 2.05) is 45.0 Å². The maximum atomic E-state index is 11.9. The Bertz CT molecular complexity index is 491. The summed E-state index contributed by atoms with van der Waals surface area (Å²) in [5, 5.41) is 6.06. The fourth-order valence-corrected chi connectivity index (χ4v) is 2.34. The molecule has 1 heterocycles. The number of carbonyl (C=O) groups is 1. The largest absolute Gasteiger partial charge is 0.489 e. The number of para-hydroxylation sites is 2. The minimum atomic E-state index is -0.228. The number of hydrogen-bond acceptors (Lipinski definition) is 4. The lowest BCUT2D eigenvalue weighted by Crippen LogP contribution is -2.43. The van der Waals surface area contributed by atoms with E-state index in [1.165, 1.54) is 0 Å². The van der Waals surface area contributed by atoms with Crippen LogP contribution in [0.5, 0.6) is 5.75 Å². The highest BCUT2D eigenvalue weighted by Crippen LogP contribution is 2.24. The first-order valence-corrected chi connectivity index (χ1v) is 7.82. The SMILES string of the molecule is CC(C)(C)NC(=O)CNc1ccccc1OCC1CCCO1. The predicted octanol–water partition coefficient (Wildman–Crippen LogP) is 2.57. The van der Waals surface area contributed by atoms with Gasteiger partial charge in [-0.3, -0.25) is 4.79 Å². The first-order chi connectivity index (χ1) is 10.4. The van der Waals surface area contributed by atoms with E-state index in [1.54, 1.807) is 0 Å². The molecule has 0 spiro atoms. The van der Waals surface area contributed by atoms with E-state index in [4.69, 9.17) is 9.47 Å². The molecule has 122 valence electrons. The summed E-state index contributed by atoms with van der Waals surface area (Å²) in [4.78, 5) is 11.9. The van der Waals surface area contributed by atoms with Gasteiger partial charge in [0, 0.05) is 12.1 Å². The molecule has 1 aliphatic rings. The van der Waals surface area contributed by atoms with Gasteiger partial charge in [-0.1, -0.05) is 12.1 Å². The topological polar surface area (TPSA) is 59.6 Å². The second-order valence-electron chi connectivity index (χ2n) is 6.59. The molecular weight excluding hydrogens is 280 g/mol. The molecule has 0 aromatic heterocycles. The lowest BCUT2D eigenvalue weighted by Gasteiger charge is -2.21. The maximum Gasteiger partial charge on any atom is 0.239 e. The zero-order valence-electron chi connectivity index (χ0n) is 13.6. The molecule has 2 rings (SSSR count). The Hall–Kier alpha value is -1.75. The van der Waals surface area contributed by atoms with E-state index in [0.29, 0.717) is 6.61 Å². The van der Waals surface area contributed by atoms with Gasteiger partial charge < -0.3 is 20.1 Å². The van der Waals surface area contributed by atoms with Crippen molar-refractivity contribution in [3.63, 3.8) is 0 Å². The van der Waals surface area contributed by atoms with Crippen molar-refractivity contribution in [1.82, 2.24) is 5.32 Å². The van der Waals surface area contributed by atoms with Crippen molar-refractivity contribution in [3.8, 4) is 5.75 Å². The molecule has 1 atom stereocenters. The molecule has 1 amide bonds. The van der Waals surface area contributed by atoms with Gasteiger partial charge in [0.2, 0.25) is 5.91 Å². The van der Waals surface area contributed by atoms with Crippen LogP contribution in [0.25, 0.3) is 0 Å². The molecule has 0 radical (unpaired) electrons. The number of rotatable bonds is 6. The third kappa shape index (κ3) is 5.56. The third-order valence-corrected chi connectivity index (χ3v) is 3.29. The number of carbonyl (C=O) groups excluding carboxylic acids is 1. The minimum absolute atomic E-state index is 0.0403. The van der Waals surface area contributed by atoms with Crippen LogP contribution in [0.4, 0.5) is 5.69 Å². The molecule has 5 nitrogen and oxygen atoms in total. The van der Waals surface area contributed by atoms with Crippen molar-refractivity contribution in [1.29, 1.82) is 0 Å². The van der Waals surface area contributed by atoms with Gasteiger partial charge in [-0.2, -0.15) is 0 Å². The monoisotopic (exact) mass is 306 g/mol. The van der Waals surface area contributed by atoms with Gasteiger partial charge >= 0.3 is 0 Å². The van der Waals surface area contributed by atoms with Crippen LogP contribution >= 0.6 is 0 Å². The molecule has 1 aliphatic heterocycles. The highest BCUT2D eigenvalue weighted by molar-refractivity contribution is 5.81. The fourth-order valence-electron chi connectivity index (χ4n) is 2.34. The molecular formula is C17H26N2O3. The van der Waals surface area contributed by atoms with Crippen molar-refractivity contribution in [3.05, 3.63) is 24.3 Å². The smallest absolute Gasteiger partial charge is 0.239 e. The van der Waals surface area contributed by atoms with Crippen LogP contribution in [-0.2, 0) is 9.53 Å². The maximum absolute atomic E-state index is 11.9. The average molecular weight is 306 g/mol. The summed E-state index contributed by atoms with van der Waals surface area (Å²) in [7, 11) is 0. The Morgan fingerprint density at radius 3 is 2.82 bits per heavy atom. The number of amides is 1. The second kappa shape index (κ2) is 7.49. The van der Waals surface area contributed by atoms with Gasteiger partial charge in [0.15, 0.2) is 0 Å². The lowest BCUT2D eigenvalue weighted by molar-refractivity contribution is -0.120. The van der Waals surface area contributed by atoms with Gasteiger partial charge in [-0.05, 0) is 45.7 Å². The van der Waals surface area contributed by atoms with Crippen LogP contribution in [0.3, 0.4) is 0 Å². The van der Waals surface area contributed by atoms with Crippen molar-refractivity contribution >= 4 is 11.6 Å². The first kappa shape index (κ1) is 16.6. The zero-order chi connectivity index (χ0) is 16.0. The molecule has 0 saturated carbocycles. The second-order valence-corrected chi connectivity index (χ2v) is 6.59. The standard InChI is InChI=1S/C17H26N2O3/c1-17(2,3)19-16(20)11-18-14-8-4-5-9-15(14)22-12-13-7-6-10-21-13/h4-5,8-9,13,18H,6-7,10-12H2,1-3H3,(H,19,20). The third-order valence-electron chi connectivity index (χ3n) is 3.29. The van der Waals surface area contributed by atoms with Crippen molar-refractivity contribution in [2.24, 2.45) is 0 Å². The predicted molar refractivity (Wildman–Crippen MR) is 87.3 cm³/mol. The van der Waals surface area contributed by atoms with Crippen molar-refractivity contribution < 1.29 is 14.3 Å². The molecule has 0 bridgehead atoms. The molecule has 0 aliphatic carbocycles. The first-order valence-electron chi connectivity index (χ1n) is 7.82. The molecule has 1 aromatic rings. The molecule has 1 saturated heterocycles. The molecule has 1 fully saturated rings. The Kier molecular flexibility index (Phi) is 5.66. The molecule has 1 aromatic carbocycles. The van der Waals surface area contributed by atoms with Gasteiger partial charge in [-0.15, -0.1) is 0 Å². The number of nitrogens with one attached hydrogen (secondary N) is 2. The molecule has 22 heavy (non-hydrogen) atoms. The van der Waals surface area contributed by atoms with E-state index >= 15 is 0 Å². The molecule has 1 unspecified atom stereocenters. The number of hydrogen-bond donors (Lipinski definition) is 2. The van der Waals surface area contributed by atoms with Crippen LogP contribution in [0.15, 0.2) is 24.3 Å². The fraction of sp³-hybridized carbons (Fsp3) is 0.588. The van der Waals surface area contributed by atoms with Crippen LogP contribution in [0.1, 0.15) is 33.6 Å². The van der Waals surface area contributed by atoms with E-state index in [2.05, 4.69) is 10.6 Å². The van der Waals surface area contributed by atoms with Gasteiger partial charge in [0.1, 0.15) is 12.4 Å². The average Bonchev–Trinajstić information content (AvgIpc) is 2.95. The quantitative estimate of drug-likeness (QED) is 0.848. The molecule has 5 heteroatoms. The number of ether oxygens (including phenoxy) is 2. The summed E-state index contributed by atoms with van der Waals surface area (Å²) in [5.74, 6) is 0.711. The highest BCUT2D eigenvalue weighted by Gasteiger charge is 2.17. The number of benzene rings is 1. The summed E-state index contributed by atoms with van der Waals surface area (Å²) in [6.07, 6.45) is 2.32. The summed E-state index contributed by atoms with van der Waals surface area (Å²) < 4.78 is 11.4. The highest BCUT2D eigenvalue weighted by atomic mass is 16.5. The van der Waals surface area contributed by atoms with E-state index in [9.17, 15) is 4.79 Å². The van der Waals surface area contributed by atoms with Gasteiger partial charge in [0.25, 0.3) is 0 Å². The van der Waals surface area contributed by atoms with Crippen molar-refractivity contribution in [2.75, 3.05) is 25.1 Å². The Morgan fingerprint density at radius 1 is 1.36 bits per heavy atom. The normalized spacial score (nSPS) is 18.0. The van der Waals surface area contributed by atoms with Gasteiger partial charge in [0.05, 0.1) is 18.3 Å². The lowest BCUT2D eigenvalue weighted by atomic mass is 10.1. The summed E-state index contributed by atoms with van der Waals surface area (Å²) in [5.41, 5.74) is 0.596. The van der Waals surface area contributed by atoms with Gasteiger partial charge in [-0.25, -0.2) is 0 Å². The Balaban J connectivity index is 1.86. The van der Waals surface area contributed by atoms with Crippen molar-refractivity contribution in [2.45, 2.75) is 45.3 Å². The Morgan fingerprint density at radius 2 is 2.14 bits per heavy atom. The van der Waals surface area contributed by atoms with Crippen LogP contribution in [0.2, 0.25) is 0 Å². The number of anilines is 1. The van der Waals surface area contributed by atoms with Crippen LogP contribution in [0, 0.1) is 0 Å². The Labute approximate surface area is 132 Å². The summed E-state index contributed by atoms with van der Waals surface area (Å²) >= 11 is 0. The summed E-state index contributed by atoms with van der Waals surface area (Å²) in [6.45, 7) is 7.47. The minimum Gasteiger partial charge on any atom is -0.489 e. The molecule has 2 N–H and O–H groups in total. The van der Waals surface area contributed by atoms with E-state index in [-0.39, 0.29) is 24.1 Å². The zero-order valence-corrected chi connectivity index (χ0v) is 13.6. The van der Waals surface area contributed by atoms with E-state index in [0.717, 1.165) is 30.9 Å².